The Balaban J connectivity index is 1.79. The third-order valence-corrected chi connectivity index (χ3v) is 6.88. The van der Waals surface area contributed by atoms with Gasteiger partial charge in [-0.3, -0.25) is 4.79 Å². The van der Waals surface area contributed by atoms with E-state index in [0.29, 0.717) is 18.4 Å². The number of hydrogen-bond donors (Lipinski definition) is 0. The highest BCUT2D eigenvalue weighted by molar-refractivity contribution is 7.99. The van der Waals surface area contributed by atoms with Gasteiger partial charge in [0.1, 0.15) is 10.4 Å². The maximum absolute atomic E-state index is 11.9. The van der Waals surface area contributed by atoms with Gasteiger partial charge in [-0.2, -0.15) is 4.98 Å². The first-order chi connectivity index (χ1) is 13.2. The number of ether oxygens (including phenoxy) is 1. The predicted octanol–water partition coefficient (Wildman–Crippen LogP) is 5.40. The molecule has 2 aromatic heterocycles. The lowest BCUT2D eigenvalue weighted by Crippen LogP contribution is -2.18. The van der Waals surface area contributed by atoms with Crippen molar-refractivity contribution < 1.29 is 13.9 Å². The highest BCUT2D eigenvalue weighted by atomic mass is 32.2. The summed E-state index contributed by atoms with van der Waals surface area (Å²) in [6.45, 7) is 2.22. The Hall–Kier alpha value is -1.34. The molecule has 2 heterocycles. The van der Waals surface area contributed by atoms with Gasteiger partial charge in [-0.25, -0.2) is 0 Å². The van der Waals surface area contributed by atoms with Crippen LogP contribution in [0.3, 0.4) is 0 Å². The van der Waals surface area contributed by atoms with Gasteiger partial charge < -0.3 is 13.7 Å². The maximum Gasteiger partial charge on any atom is 0.316 e. The summed E-state index contributed by atoms with van der Waals surface area (Å²) in [5, 5.41) is 1.82. The number of esters is 1. The zero-order valence-corrected chi connectivity index (χ0v) is 17.4. The number of rotatable bonds is 5. The van der Waals surface area contributed by atoms with E-state index in [1.807, 2.05) is 6.92 Å². The Labute approximate surface area is 168 Å². The van der Waals surface area contributed by atoms with Crippen LogP contribution in [-0.2, 0) is 22.4 Å². The largest absolute Gasteiger partial charge is 0.465 e. The summed E-state index contributed by atoms with van der Waals surface area (Å²) in [5.41, 5.74) is 1.91. The van der Waals surface area contributed by atoms with Crippen LogP contribution in [0.4, 0.5) is 0 Å². The molecule has 0 amide bonds. The first kappa shape index (κ1) is 19.0. The summed E-state index contributed by atoms with van der Waals surface area (Å²) in [6.07, 6.45) is 10.3. The lowest BCUT2D eigenvalue weighted by molar-refractivity contribution is -0.139. The molecule has 27 heavy (non-hydrogen) atoms. The van der Waals surface area contributed by atoms with Gasteiger partial charge in [0.25, 0.3) is 0 Å². The van der Waals surface area contributed by atoms with E-state index in [-0.39, 0.29) is 11.7 Å². The van der Waals surface area contributed by atoms with E-state index in [1.165, 1.54) is 43.0 Å². The fraction of sp³-hybridized carbons (Fsp3) is 0.650. The van der Waals surface area contributed by atoms with Crippen molar-refractivity contribution in [1.82, 2.24) is 9.55 Å². The summed E-state index contributed by atoms with van der Waals surface area (Å²) in [7, 11) is 0. The Morgan fingerprint density at radius 2 is 2.04 bits per heavy atom. The minimum atomic E-state index is -0.218. The molecule has 0 saturated heterocycles. The predicted molar refractivity (Wildman–Crippen MR) is 109 cm³/mol. The van der Waals surface area contributed by atoms with E-state index in [9.17, 15) is 4.79 Å². The van der Waals surface area contributed by atoms with Crippen molar-refractivity contribution in [3.63, 3.8) is 0 Å². The molecule has 0 atom stereocenters. The van der Waals surface area contributed by atoms with Crippen LogP contribution in [0, 0.1) is 4.64 Å². The molecule has 2 aliphatic rings. The van der Waals surface area contributed by atoms with Crippen molar-refractivity contribution in [1.29, 1.82) is 0 Å². The van der Waals surface area contributed by atoms with Crippen LogP contribution in [0.2, 0.25) is 0 Å². The van der Waals surface area contributed by atoms with Crippen molar-refractivity contribution in [2.24, 2.45) is 0 Å². The van der Waals surface area contributed by atoms with Gasteiger partial charge >= 0.3 is 5.97 Å². The van der Waals surface area contributed by atoms with Crippen molar-refractivity contribution >= 4 is 41.0 Å². The van der Waals surface area contributed by atoms with E-state index < -0.39 is 0 Å². The Kier molecular flexibility index (Phi) is 5.88. The number of furan rings is 1. The first-order valence-electron chi connectivity index (χ1n) is 10.0. The average molecular weight is 407 g/mol. The molecular formula is C20H26N2O3S2. The number of hydrogen-bond acceptors (Lipinski definition) is 6. The number of aromatic nitrogens is 2. The van der Waals surface area contributed by atoms with Crippen molar-refractivity contribution in [2.75, 3.05) is 12.4 Å². The Morgan fingerprint density at radius 3 is 2.81 bits per heavy atom. The summed E-state index contributed by atoms with van der Waals surface area (Å²) < 4.78 is 14.2. The van der Waals surface area contributed by atoms with E-state index >= 15 is 0 Å². The summed E-state index contributed by atoms with van der Waals surface area (Å²) >= 11 is 7.38. The lowest BCUT2D eigenvalue weighted by atomic mass is 9.95. The second kappa shape index (κ2) is 8.35. The molecule has 1 saturated carbocycles. The quantitative estimate of drug-likeness (QED) is 0.287. The second-order valence-electron chi connectivity index (χ2n) is 7.35. The zero-order chi connectivity index (χ0) is 18.8. The molecule has 0 spiro atoms. The van der Waals surface area contributed by atoms with Crippen LogP contribution in [0.15, 0.2) is 9.57 Å². The number of carbonyl (C=O) groups is 1. The molecule has 0 aliphatic heterocycles. The van der Waals surface area contributed by atoms with E-state index in [2.05, 4.69) is 4.57 Å². The molecule has 0 N–H and O–H groups in total. The Morgan fingerprint density at radius 1 is 1.26 bits per heavy atom. The number of carbonyl (C=O) groups excluding carboxylic acids is 1. The molecule has 0 bridgehead atoms. The molecule has 4 rings (SSSR count). The van der Waals surface area contributed by atoms with Crippen LogP contribution in [0.5, 0.6) is 0 Å². The van der Waals surface area contributed by atoms with Crippen molar-refractivity contribution in [3.05, 3.63) is 16.0 Å². The van der Waals surface area contributed by atoms with Crippen molar-refractivity contribution in [2.45, 2.75) is 75.9 Å². The smallest absolute Gasteiger partial charge is 0.316 e. The second-order valence-corrected chi connectivity index (χ2v) is 8.68. The van der Waals surface area contributed by atoms with Crippen LogP contribution in [0.25, 0.3) is 11.1 Å². The normalized spacial score (nSPS) is 17.8. The molecular weight excluding hydrogens is 380 g/mol. The first-order valence-corrected chi connectivity index (χ1v) is 11.4. The third kappa shape index (κ3) is 3.81. The topological polar surface area (TPSA) is 57.3 Å². The lowest BCUT2D eigenvalue weighted by Gasteiger charge is -2.26. The molecule has 7 heteroatoms. The number of nitrogens with zero attached hydrogens (tertiary/aromatic N) is 2. The standard InChI is InChI=1S/C20H26N2O3S2/c1-2-24-16(23)12-27-20-21-18-17(14-10-6-7-11-15(14)25-18)19(26)22(20)13-8-4-3-5-9-13/h13H,2-12H2,1H3. The number of aryl methyl sites for hydroxylation is 2. The van der Waals surface area contributed by atoms with Gasteiger partial charge in [-0.1, -0.05) is 43.2 Å². The molecule has 2 aliphatic carbocycles. The van der Waals surface area contributed by atoms with Crippen molar-refractivity contribution in [3.8, 4) is 0 Å². The summed E-state index contributed by atoms with van der Waals surface area (Å²) in [5.74, 6) is 1.08. The SMILES string of the molecule is CCOC(=O)CSc1nc2oc3c(c2c(=S)n1C1CCCCC1)CCCC3. The van der Waals surface area contributed by atoms with Gasteiger partial charge in [0, 0.05) is 18.0 Å². The minimum absolute atomic E-state index is 0.218. The summed E-state index contributed by atoms with van der Waals surface area (Å²) in [4.78, 5) is 16.7. The fourth-order valence-electron chi connectivity index (χ4n) is 4.29. The molecule has 2 aromatic rings. The maximum atomic E-state index is 11.9. The highest BCUT2D eigenvalue weighted by Crippen LogP contribution is 2.37. The molecule has 5 nitrogen and oxygen atoms in total. The van der Waals surface area contributed by atoms with Gasteiger partial charge in [-0.15, -0.1) is 0 Å². The summed E-state index contributed by atoms with van der Waals surface area (Å²) in [6, 6.07) is 0.363. The molecule has 0 unspecified atom stereocenters. The van der Waals surface area contributed by atoms with Gasteiger partial charge in [0.05, 0.1) is 17.7 Å². The van der Waals surface area contributed by atoms with Gasteiger partial charge in [0.15, 0.2) is 5.16 Å². The number of fused-ring (bicyclic) bond motifs is 3. The van der Waals surface area contributed by atoms with Crippen LogP contribution in [-0.4, -0.2) is 27.9 Å². The molecule has 0 aromatic carbocycles. The van der Waals surface area contributed by atoms with Gasteiger partial charge in [0.2, 0.25) is 5.71 Å². The molecule has 0 radical (unpaired) electrons. The van der Waals surface area contributed by atoms with E-state index in [0.717, 1.165) is 53.0 Å². The average Bonchev–Trinajstić information content (AvgIpc) is 3.06. The highest BCUT2D eigenvalue weighted by Gasteiger charge is 2.26. The zero-order valence-electron chi connectivity index (χ0n) is 15.8. The monoisotopic (exact) mass is 406 g/mol. The molecule has 146 valence electrons. The van der Waals surface area contributed by atoms with Crippen LogP contribution in [0.1, 0.15) is 69.2 Å². The van der Waals surface area contributed by atoms with Crippen LogP contribution < -0.4 is 0 Å². The van der Waals surface area contributed by atoms with Gasteiger partial charge in [-0.05, 0) is 39.0 Å². The fourth-order valence-corrected chi connectivity index (χ4v) is 5.65. The minimum Gasteiger partial charge on any atom is -0.465 e. The Bertz CT molecular complexity index is 897. The number of thioether (sulfide) groups is 1. The van der Waals surface area contributed by atoms with E-state index in [1.54, 1.807) is 0 Å². The van der Waals surface area contributed by atoms with E-state index in [4.69, 9.17) is 26.4 Å². The molecule has 1 fully saturated rings. The third-order valence-electron chi connectivity index (χ3n) is 5.55. The van der Waals surface area contributed by atoms with Crippen LogP contribution >= 0.6 is 24.0 Å².